The molecule has 3 N–H and O–H groups in total. The Balaban J connectivity index is 1.62. The summed E-state index contributed by atoms with van der Waals surface area (Å²) in [5, 5.41) is 2.81. The average molecular weight is 426 g/mol. The van der Waals surface area contributed by atoms with Crippen molar-refractivity contribution in [3.63, 3.8) is 0 Å². The van der Waals surface area contributed by atoms with Crippen LogP contribution in [0, 0.1) is 0 Å². The standard InChI is InChI=1S/C25H22N4O3/c1-32-20-10-6-5-9-18(20)24(30)28-23-25(31)29-12-11-16-13-17(26)14-19(22(16)29)21(27-23)15-7-3-2-4-8-15/h2-10,13-14,23H,11-12,26H2,1H3,(H,28,30). The smallest absolute Gasteiger partial charge is 0.272 e. The van der Waals surface area contributed by atoms with Crippen molar-refractivity contribution in [3.05, 3.63) is 89.0 Å². The van der Waals surface area contributed by atoms with Gasteiger partial charge in [0.2, 0.25) is 6.17 Å². The molecular weight excluding hydrogens is 404 g/mol. The molecule has 0 saturated heterocycles. The number of hydrogen-bond acceptors (Lipinski definition) is 5. The Hall–Kier alpha value is -4.13. The minimum absolute atomic E-state index is 0.274. The van der Waals surface area contributed by atoms with E-state index in [1.165, 1.54) is 7.11 Å². The van der Waals surface area contributed by atoms with E-state index in [1.807, 2.05) is 42.5 Å². The molecule has 7 nitrogen and oxygen atoms in total. The van der Waals surface area contributed by atoms with Crippen LogP contribution in [0.1, 0.15) is 27.0 Å². The maximum Gasteiger partial charge on any atom is 0.272 e. The number of aliphatic imine (C=N–C) groups is 1. The largest absolute Gasteiger partial charge is 0.496 e. The number of anilines is 2. The number of nitrogens with one attached hydrogen (secondary N) is 1. The normalized spacial score (nSPS) is 16.8. The van der Waals surface area contributed by atoms with Crippen LogP contribution in [0.4, 0.5) is 11.4 Å². The van der Waals surface area contributed by atoms with Gasteiger partial charge in [0.15, 0.2) is 0 Å². The lowest BCUT2D eigenvalue weighted by Gasteiger charge is -2.21. The molecule has 2 amide bonds. The van der Waals surface area contributed by atoms with E-state index in [9.17, 15) is 9.59 Å². The topological polar surface area (TPSA) is 97.0 Å². The Labute approximate surface area is 185 Å². The van der Waals surface area contributed by atoms with Gasteiger partial charge in [0.1, 0.15) is 5.75 Å². The molecule has 3 aromatic rings. The van der Waals surface area contributed by atoms with Crippen molar-refractivity contribution in [1.29, 1.82) is 0 Å². The van der Waals surface area contributed by atoms with Gasteiger partial charge >= 0.3 is 0 Å². The fourth-order valence-corrected chi connectivity index (χ4v) is 4.33. The highest BCUT2D eigenvalue weighted by Gasteiger charge is 2.37. The van der Waals surface area contributed by atoms with E-state index in [0.717, 1.165) is 22.4 Å². The number of nitrogens with zero attached hydrogens (tertiary/aromatic N) is 2. The summed E-state index contributed by atoms with van der Waals surface area (Å²) < 4.78 is 5.31. The number of carbonyl (C=O) groups excluding carboxylic acids is 2. The molecule has 3 aromatic carbocycles. The molecule has 32 heavy (non-hydrogen) atoms. The number of nitrogens with two attached hydrogens (primary N) is 1. The maximum atomic E-state index is 13.5. The highest BCUT2D eigenvalue weighted by atomic mass is 16.5. The van der Waals surface area contributed by atoms with Crippen LogP contribution >= 0.6 is 0 Å². The fourth-order valence-electron chi connectivity index (χ4n) is 4.33. The molecule has 1 unspecified atom stereocenters. The summed E-state index contributed by atoms with van der Waals surface area (Å²) in [4.78, 5) is 33.0. The van der Waals surface area contributed by atoms with Gasteiger partial charge in [0, 0.05) is 23.4 Å². The molecule has 0 spiro atoms. The van der Waals surface area contributed by atoms with Gasteiger partial charge in [-0.3, -0.25) is 9.59 Å². The van der Waals surface area contributed by atoms with Crippen molar-refractivity contribution in [1.82, 2.24) is 5.32 Å². The van der Waals surface area contributed by atoms with Gasteiger partial charge in [-0.1, -0.05) is 42.5 Å². The maximum absolute atomic E-state index is 13.5. The van der Waals surface area contributed by atoms with Crippen molar-refractivity contribution < 1.29 is 14.3 Å². The molecule has 2 aliphatic rings. The Morgan fingerprint density at radius 3 is 2.66 bits per heavy atom. The number of rotatable bonds is 4. The number of ether oxygens (including phenoxy) is 1. The molecule has 7 heteroatoms. The summed E-state index contributed by atoms with van der Waals surface area (Å²) in [6.45, 7) is 0.517. The van der Waals surface area contributed by atoms with Crippen molar-refractivity contribution in [2.45, 2.75) is 12.6 Å². The third-order valence-corrected chi connectivity index (χ3v) is 5.77. The summed E-state index contributed by atoms with van der Waals surface area (Å²) in [6, 6.07) is 20.3. The van der Waals surface area contributed by atoms with E-state index in [-0.39, 0.29) is 5.91 Å². The van der Waals surface area contributed by atoms with E-state index >= 15 is 0 Å². The zero-order valence-corrected chi connectivity index (χ0v) is 17.5. The zero-order chi connectivity index (χ0) is 22.2. The first kappa shape index (κ1) is 19.8. The van der Waals surface area contributed by atoms with Gasteiger partial charge in [0.25, 0.3) is 11.8 Å². The van der Waals surface area contributed by atoms with Gasteiger partial charge in [-0.25, -0.2) is 4.99 Å². The van der Waals surface area contributed by atoms with Gasteiger partial charge in [-0.2, -0.15) is 0 Å². The van der Waals surface area contributed by atoms with E-state index in [0.29, 0.717) is 35.7 Å². The second kappa shape index (κ2) is 7.85. The summed E-state index contributed by atoms with van der Waals surface area (Å²) >= 11 is 0. The molecule has 0 aliphatic carbocycles. The quantitative estimate of drug-likeness (QED) is 0.627. The summed E-state index contributed by atoms with van der Waals surface area (Å²) in [6.07, 6.45) is -0.379. The van der Waals surface area contributed by atoms with Crippen molar-refractivity contribution in [2.24, 2.45) is 4.99 Å². The molecule has 0 fully saturated rings. The van der Waals surface area contributed by atoms with Crippen LogP contribution in [0.25, 0.3) is 0 Å². The molecule has 0 saturated carbocycles. The zero-order valence-electron chi connectivity index (χ0n) is 17.5. The van der Waals surface area contributed by atoms with Crippen LogP contribution in [0.2, 0.25) is 0 Å². The van der Waals surface area contributed by atoms with Crippen LogP contribution in [0.15, 0.2) is 71.7 Å². The summed E-state index contributed by atoms with van der Waals surface area (Å²) in [5.41, 5.74) is 11.2. The molecular formula is C25H22N4O3. The molecule has 0 radical (unpaired) electrons. The van der Waals surface area contributed by atoms with E-state index < -0.39 is 12.1 Å². The first-order valence-corrected chi connectivity index (χ1v) is 10.4. The molecule has 160 valence electrons. The van der Waals surface area contributed by atoms with E-state index in [4.69, 9.17) is 15.5 Å². The van der Waals surface area contributed by atoms with Crippen LogP contribution in [0.3, 0.4) is 0 Å². The molecule has 2 aliphatic heterocycles. The predicted octanol–water partition coefficient (Wildman–Crippen LogP) is 2.77. The third-order valence-electron chi connectivity index (χ3n) is 5.77. The van der Waals surface area contributed by atoms with Gasteiger partial charge in [-0.05, 0) is 36.2 Å². The second-order valence-electron chi connectivity index (χ2n) is 7.74. The molecule has 0 aromatic heterocycles. The van der Waals surface area contributed by atoms with Crippen molar-refractivity contribution >= 4 is 28.9 Å². The number of hydrogen-bond donors (Lipinski definition) is 2. The lowest BCUT2D eigenvalue weighted by Crippen LogP contribution is -2.47. The minimum atomic E-state index is -1.08. The Morgan fingerprint density at radius 2 is 1.88 bits per heavy atom. The van der Waals surface area contributed by atoms with Gasteiger partial charge in [0.05, 0.1) is 24.1 Å². The lowest BCUT2D eigenvalue weighted by atomic mass is 9.97. The van der Waals surface area contributed by atoms with Crippen LogP contribution in [-0.4, -0.2) is 37.3 Å². The Bertz CT molecular complexity index is 1250. The first-order chi connectivity index (χ1) is 15.6. The SMILES string of the molecule is COc1ccccc1C(=O)NC1N=C(c2ccccc2)c2cc(N)cc3c2N(CC3)C1=O. The van der Waals surface area contributed by atoms with Crippen molar-refractivity contribution in [3.8, 4) is 5.75 Å². The highest BCUT2D eigenvalue weighted by Crippen LogP contribution is 2.38. The number of methoxy groups -OCH3 is 1. The number of amides is 2. The first-order valence-electron chi connectivity index (χ1n) is 10.4. The molecule has 0 bridgehead atoms. The van der Waals surface area contributed by atoms with E-state index in [1.54, 1.807) is 29.2 Å². The monoisotopic (exact) mass is 426 g/mol. The third kappa shape index (κ3) is 3.28. The fraction of sp³-hybridized carbons (Fsp3) is 0.160. The van der Waals surface area contributed by atoms with Crippen LogP contribution < -0.4 is 20.7 Å². The summed E-state index contributed by atoms with van der Waals surface area (Å²) in [7, 11) is 1.50. The van der Waals surface area contributed by atoms with Gasteiger partial charge in [-0.15, -0.1) is 0 Å². The highest BCUT2D eigenvalue weighted by molar-refractivity contribution is 6.21. The molecule has 5 rings (SSSR count). The average Bonchev–Trinajstić information content (AvgIpc) is 3.20. The van der Waals surface area contributed by atoms with Crippen molar-refractivity contribution in [2.75, 3.05) is 24.3 Å². The van der Waals surface area contributed by atoms with Crippen LogP contribution in [-0.2, 0) is 11.2 Å². The van der Waals surface area contributed by atoms with E-state index in [2.05, 4.69) is 5.32 Å². The minimum Gasteiger partial charge on any atom is -0.496 e. The second-order valence-corrected chi connectivity index (χ2v) is 7.74. The molecule has 1 atom stereocenters. The van der Waals surface area contributed by atoms with Crippen LogP contribution in [0.5, 0.6) is 5.75 Å². The summed E-state index contributed by atoms with van der Waals surface area (Å²) in [5.74, 6) is -0.274. The van der Waals surface area contributed by atoms with Gasteiger partial charge < -0.3 is 20.7 Å². The predicted molar refractivity (Wildman–Crippen MR) is 123 cm³/mol. The number of benzene rings is 3. The number of nitrogen functional groups attached to an aromatic ring is 1. The Kier molecular flexibility index (Phi) is 4.86. The molecule has 2 heterocycles. The number of para-hydroxylation sites is 1. The number of carbonyl (C=O) groups is 2. The lowest BCUT2D eigenvalue weighted by molar-refractivity contribution is -0.120. The Morgan fingerprint density at radius 1 is 1.12 bits per heavy atom.